The Morgan fingerprint density at radius 1 is 1.33 bits per heavy atom. The lowest BCUT2D eigenvalue weighted by Gasteiger charge is -2.58. The highest BCUT2D eigenvalue weighted by atomic mass is 16.7. The Morgan fingerprint density at radius 3 is 2.79 bits per heavy atom. The molecule has 138 valence electrons. The molecule has 1 saturated carbocycles. The molecule has 0 unspecified atom stereocenters. The van der Waals surface area contributed by atoms with Gasteiger partial charge in [0.15, 0.2) is 6.29 Å². The number of methoxy groups -OCH3 is 1. The van der Waals surface area contributed by atoms with Crippen molar-refractivity contribution >= 4 is 0 Å². The summed E-state index contributed by atoms with van der Waals surface area (Å²) in [5.74, 6) is 2.10. The molecule has 2 fully saturated rings. The van der Waals surface area contributed by atoms with Crippen molar-refractivity contribution in [3.63, 3.8) is 0 Å². The van der Waals surface area contributed by atoms with Gasteiger partial charge in [-0.25, -0.2) is 0 Å². The molecule has 1 heterocycles. The predicted octanol–water partition coefficient (Wildman–Crippen LogP) is 4.55. The average molecular weight is 337 g/mol. The minimum Gasteiger partial charge on any atom is -0.392 e. The molecule has 3 aliphatic rings. The van der Waals surface area contributed by atoms with Crippen LogP contribution < -0.4 is 0 Å². The third-order valence-electron chi connectivity index (χ3n) is 7.94. The molecule has 0 spiro atoms. The Morgan fingerprint density at radius 2 is 2.12 bits per heavy atom. The fourth-order valence-electron chi connectivity index (χ4n) is 5.98. The first-order chi connectivity index (χ1) is 11.4. The van der Waals surface area contributed by atoms with Crippen LogP contribution in [-0.4, -0.2) is 31.7 Å². The topological polar surface area (TPSA) is 38.7 Å². The Bertz CT molecular complexity index is 474. The van der Waals surface area contributed by atoms with E-state index in [9.17, 15) is 5.11 Å². The summed E-state index contributed by atoms with van der Waals surface area (Å²) in [7, 11) is 1.74. The highest BCUT2D eigenvalue weighted by Gasteiger charge is 2.53. The number of allylic oxidation sites excluding steroid dienone is 1. The van der Waals surface area contributed by atoms with E-state index < -0.39 is 0 Å². The van der Waals surface area contributed by atoms with E-state index in [0.717, 1.165) is 25.4 Å². The van der Waals surface area contributed by atoms with Gasteiger partial charge in [0, 0.05) is 13.5 Å². The summed E-state index contributed by atoms with van der Waals surface area (Å²) in [5.41, 5.74) is 1.88. The van der Waals surface area contributed by atoms with Crippen LogP contribution in [-0.2, 0) is 9.47 Å². The Balaban J connectivity index is 1.73. The molecule has 0 aromatic carbocycles. The zero-order chi connectivity index (χ0) is 17.4. The quantitative estimate of drug-likeness (QED) is 0.749. The molecular formula is C21H36O3. The first kappa shape index (κ1) is 18.4. The fourth-order valence-corrected chi connectivity index (χ4v) is 5.98. The molecule has 6 atom stereocenters. The number of hydrogen-bond acceptors (Lipinski definition) is 3. The van der Waals surface area contributed by atoms with Crippen LogP contribution >= 0.6 is 0 Å². The summed E-state index contributed by atoms with van der Waals surface area (Å²) < 4.78 is 11.1. The van der Waals surface area contributed by atoms with Crippen LogP contribution in [0.4, 0.5) is 0 Å². The minimum absolute atomic E-state index is 0.00968. The first-order valence-electron chi connectivity index (χ1n) is 9.89. The van der Waals surface area contributed by atoms with Gasteiger partial charge in [-0.15, -0.1) is 0 Å². The lowest BCUT2D eigenvalue weighted by molar-refractivity contribution is -0.0881. The Hall–Kier alpha value is -0.380. The highest BCUT2D eigenvalue weighted by Crippen LogP contribution is 2.62. The van der Waals surface area contributed by atoms with Gasteiger partial charge in [-0.3, -0.25) is 0 Å². The molecule has 1 aliphatic heterocycles. The first-order valence-corrected chi connectivity index (χ1v) is 9.89. The zero-order valence-corrected chi connectivity index (χ0v) is 16.0. The van der Waals surface area contributed by atoms with Crippen molar-refractivity contribution < 1.29 is 14.6 Å². The van der Waals surface area contributed by atoms with Gasteiger partial charge in [-0.1, -0.05) is 26.8 Å². The SMILES string of the molecule is CO[C@@H]1C[C@H](CC[C@@]2(C)[C@H](C)CC[C@@]3(C)C(CO)=CCC[C@H]23)CO1. The van der Waals surface area contributed by atoms with Crippen LogP contribution in [0.3, 0.4) is 0 Å². The number of hydrogen-bond donors (Lipinski definition) is 1. The molecule has 0 amide bonds. The van der Waals surface area contributed by atoms with Crippen molar-refractivity contribution in [1.82, 2.24) is 0 Å². The summed E-state index contributed by atoms with van der Waals surface area (Å²) in [6.07, 6.45) is 10.8. The van der Waals surface area contributed by atoms with Crippen molar-refractivity contribution in [2.24, 2.45) is 28.6 Å². The molecule has 0 radical (unpaired) electrons. The van der Waals surface area contributed by atoms with E-state index >= 15 is 0 Å². The second kappa shape index (κ2) is 7.09. The second-order valence-corrected chi connectivity index (χ2v) is 9.02. The molecule has 3 nitrogen and oxygen atoms in total. The van der Waals surface area contributed by atoms with E-state index in [1.54, 1.807) is 7.11 Å². The molecule has 3 heteroatoms. The van der Waals surface area contributed by atoms with Gasteiger partial charge in [0.1, 0.15) is 0 Å². The molecule has 1 N–H and O–H groups in total. The maximum atomic E-state index is 9.89. The molecule has 24 heavy (non-hydrogen) atoms. The van der Waals surface area contributed by atoms with Crippen LogP contribution in [0.5, 0.6) is 0 Å². The number of rotatable bonds is 5. The number of fused-ring (bicyclic) bond motifs is 1. The summed E-state index contributed by atoms with van der Waals surface area (Å²) >= 11 is 0. The maximum absolute atomic E-state index is 9.89. The smallest absolute Gasteiger partial charge is 0.157 e. The molecule has 0 aromatic heterocycles. The zero-order valence-electron chi connectivity index (χ0n) is 16.0. The van der Waals surface area contributed by atoms with Crippen LogP contribution in [0, 0.1) is 28.6 Å². The standard InChI is InChI=1S/C21H36O3/c1-15-8-10-21(3)17(13-22)6-5-7-18(21)20(15,2)11-9-16-12-19(23-4)24-14-16/h6,15-16,18-19,22H,5,7-14H2,1-4H3/t15-,16+,18-,19+,20+,21+/m1/s1. The fraction of sp³-hybridized carbons (Fsp3) is 0.905. The third-order valence-corrected chi connectivity index (χ3v) is 7.94. The van der Waals surface area contributed by atoms with Gasteiger partial charge in [0.25, 0.3) is 0 Å². The van der Waals surface area contributed by atoms with E-state index in [-0.39, 0.29) is 18.3 Å². The highest BCUT2D eigenvalue weighted by molar-refractivity contribution is 5.22. The Kier molecular flexibility index (Phi) is 5.44. The third kappa shape index (κ3) is 3.08. The van der Waals surface area contributed by atoms with Crippen LogP contribution in [0.1, 0.15) is 65.7 Å². The largest absolute Gasteiger partial charge is 0.392 e. The Labute approximate surface area is 147 Å². The van der Waals surface area contributed by atoms with Crippen molar-refractivity contribution in [3.05, 3.63) is 11.6 Å². The van der Waals surface area contributed by atoms with Crippen LogP contribution in [0.15, 0.2) is 11.6 Å². The number of aliphatic hydroxyl groups excluding tert-OH is 1. The van der Waals surface area contributed by atoms with Crippen molar-refractivity contribution in [1.29, 1.82) is 0 Å². The minimum atomic E-state index is 0.00968. The van der Waals surface area contributed by atoms with Crippen LogP contribution in [0.2, 0.25) is 0 Å². The lowest BCUT2D eigenvalue weighted by Crippen LogP contribution is -2.50. The summed E-state index contributed by atoms with van der Waals surface area (Å²) in [6, 6.07) is 0. The van der Waals surface area contributed by atoms with Gasteiger partial charge in [0.05, 0.1) is 13.2 Å². The van der Waals surface area contributed by atoms with E-state index in [2.05, 4.69) is 26.8 Å². The molecule has 0 aromatic rings. The van der Waals surface area contributed by atoms with E-state index in [1.165, 1.54) is 37.7 Å². The number of ether oxygens (including phenoxy) is 2. The molecule has 2 aliphatic carbocycles. The molecule has 3 rings (SSSR count). The summed E-state index contributed by atoms with van der Waals surface area (Å²) in [6.45, 7) is 8.50. The van der Waals surface area contributed by atoms with Crippen LogP contribution in [0.25, 0.3) is 0 Å². The summed E-state index contributed by atoms with van der Waals surface area (Å²) in [5, 5.41) is 9.89. The molecular weight excluding hydrogens is 300 g/mol. The van der Waals surface area contributed by atoms with E-state index in [4.69, 9.17) is 9.47 Å². The summed E-state index contributed by atoms with van der Waals surface area (Å²) in [4.78, 5) is 0. The van der Waals surface area contributed by atoms with Crippen molar-refractivity contribution in [2.75, 3.05) is 20.3 Å². The maximum Gasteiger partial charge on any atom is 0.157 e. The van der Waals surface area contributed by atoms with Gasteiger partial charge in [-0.05, 0) is 72.7 Å². The lowest BCUT2D eigenvalue weighted by atomic mass is 9.46. The van der Waals surface area contributed by atoms with Gasteiger partial charge >= 0.3 is 0 Å². The predicted molar refractivity (Wildman–Crippen MR) is 96.6 cm³/mol. The van der Waals surface area contributed by atoms with Crippen molar-refractivity contribution in [3.8, 4) is 0 Å². The van der Waals surface area contributed by atoms with Gasteiger partial charge < -0.3 is 14.6 Å². The second-order valence-electron chi connectivity index (χ2n) is 9.02. The van der Waals surface area contributed by atoms with Gasteiger partial charge in [0.2, 0.25) is 0 Å². The molecule has 1 saturated heterocycles. The number of aliphatic hydroxyl groups is 1. The van der Waals surface area contributed by atoms with Gasteiger partial charge in [-0.2, -0.15) is 0 Å². The molecule has 0 bridgehead atoms. The normalized spacial score (nSPS) is 45.8. The monoisotopic (exact) mass is 336 g/mol. The van der Waals surface area contributed by atoms with E-state index in [0.29, 0.717) is 17.3 Å². The van der Waals surface area contributed by atoms with Crippen molar-refractivity contribution in [2.45, 2.75) is 72.0 Å². The average Bonchev–Trinajstić information content (AvgIpc) is 3.05. The van der Waals surface area contributed by atoms with E-state index in [1.807, 2.05) is 0 Å².